The number of nitrogens with zero attached hydrogens (tertiary/aromatic N) is 1. The van der Waals surface area contributed by atoms with Gasteiger partial charge in [0.25, 0.3) is 0 Å². The fraction of sp³-hybridized carbons (Fsp3) is 0.269. The van der Waals surface area contributed by atoms with Gasteiger partial charge in [0.05, 0.1) is 17.4 Å². The first-order valence-electron chi connectivity index (χ1n) is 11.2. The van der Waals surface area contributed by atoms with E-state index in [4.69, 9.17) is 14.2 Å². The largest absolute Gasteiger partial charge is 0.496 e. The predicted octanol–water partition coefficient (Wildman–Crippen LogP) is 4.26. The molecule has 35 heavy (non-hydrogen) atoms. The second-order valence-electron chi connectivity index (χ2n) is 8.83. The Morgan fingerprint density at radius 1 is 1.00 bits per heavy atom. The molecule has 0 atom stereocenters. The van der Waals surface area contributed by atoms with Gasteiger partial charge in [0.1, 0.15) is 5.75 Å². The molecule has 0 saturated heterocycles. The summed E-state index contributed by atoms with van der Waals surface area (Å²) in [5, 5.41) is 3.05. The second kappa shape index (κ2) is 8.58. The molecule has 8 nitrogen and oxygen atoms in total. The van der Waals surface area contributed by atoms with Gasteiger partial charge in [0, 0.05) is 26.8 Å². The Hall–Kier alpha value is -3.56. The highest BCUT2D eigenvalue weighted by atomic mass is 32.2. The highest BCUT2D eigenvalue weighted by Gasteiger charge is 2.51. The van der Waals surface area contributed by atoms with Gasteiger partial charge in [-0.05, 0) is 66.4 Å². The minimum Gasteiger partial charge on any atom is -0.496 e. The average molecular weight is 497 g/mol. The molecule has 1 amide bonds. The SMILES string of the molecule is COc1ccc(NC(=O)C2(c3ccc4c(c3)OCO4)CC2)cc1-c1ccc(S(=O)(=O)N(C)C)cc1.[HH]. The number of hydrogen-bond acceptors (Lipinski definition) is 6. The fourth-order valence-electron chi connectivity index (χ4n) is 4.25. The molecule has 0 radical (unpaired) electrons. The molecule has 9 heteroatoms. The van der Waals surface area contributed by atoms with Crippen LogP contribution in [0.5, 0.6) is 17.2 Å². The van der Waals surface area contributed by atoms with Crippen molar-refractivity contribution in [2.24, 2.45) is 0 Å². The molecule has 2 aliphatic rings. The Morgan fingerprint density at radius 2 is 1.71 bits per heavy atom. The van der Waals surface area contributed by atoms with Crippen LogP contribution in [0.1, 0.15) is 19.8 Å². The maximum atomic E-state index is 13.3. The summed E-state index contributed by atoms with van der Waals surface area (Å²) in [5.41, 5.74) is 2.46. The molecule has 1 heterocycles. The van der Waals surface area contributed by atoms with Crippen molar-refractivity contribution in [2.45, 2.75) is 23.2 Å². The molecule has 5 rings (SSSR count). The summed E-state index contributed by atoms with van der Waals surface area (Å²) in [5.74, 6) is 1.88. The molecule has 1 aliphatic heterocycles. The molecular weight excluding hydrogens is 468 g/mol. The first-order valence-corrected chi connectivity index (χ1v) is 12.6. The Bertz CT molecular complexity index is 1400. The van der Waals surface area contributed by atoms with Crippen molar-refractivity contribution in [1.82, 2.24) is 4.31 Å². The molecule has 0 aromatic heterocycles. The molecule has 3 aromatic carbocycles. The number of carbonyl (C=O) groups is 1. The van der Waals surface area contributed by atoms with Gasteiger partial charge in [-0.2, -0.15) is 0 Å². The fourth-order valence-corrected chi connectivity index (χ4v) is 5.15. The molecule has 1 aliphatic carbocycles. The van der Waals surface area contributed by atoms with Gasteiger partial charge in [0.2, 0.25) is 22.7 Å². The Kier molecular flexibility index (Phi) is 5.69. The lowest BCUT2D eigenvalue weighted by Crippen LogP contribution is -2.27. The zero-order valence-corrected chi connectivity index (χ0v) is 20.5. The van der Waals surface area contributed by atoms with Crippen LogP contribution in [0, 0.1) is 0 Å². The number of methoxy groups -OCH3 is 1. The van der Waals surface area contributed by atoms with E-state index >= 15 is 0 Å². The lowest BCUT2D eigenvalue weighted by atomic mass is 9.94. The normalized spacial score (nSPS) is 15.7. The zero-order valence-electron chi connectivity index (χ0n) is 19.7. The van der Waals surface area contributed by atoms with Crippen molar-refractivity contribution in [3.05, 3.63) is 66.2 Å². The summed E-state index contributed by atoms with van der Waals surface area (Å²) in [7, 11) is 1.03. The van der Waals surface area contributed by atoms with Crippen molar-refractivity contribution in [3.8, 4) is 28.4 Å². The Morgan fingerprint density at radius 3 is 2.37 bits per heavy atom. The first-order chi connectivity index (χ1) is 16.7. The van der Waals surface area contributed by atoms with Gasteiger partial charge in [-0.25, -0.2) is 12.7 Å². The van der Waals surface area contributed by atoms with E-state index in [-0.39, 0.29) is 19.0 Å². The Balaban J connectivity index is 0.00000304. The number of carbonyl (C=O) groups excluding carboxylic acids is 1. The monoisotopic (exact) mass is 496 g/mol. The molecule has 1 saturated carbocycles. The third-order valence-electron chi connectivity index (χ3n) is 6.51. The second-order valence-corrected chi connectivity index (χ2v) is 11.0. The topological polar surface area (TPSA) is 94.2 Å². The number of ether oxygens (including phenoxy) is 3. The van der Waals surface area contributed by atoms with Crippen molar-refractivity contribution in [3.63, 3.8) is 0 Å². The zero-order chi connectivity index (χ0) is 24.8. The molecule has 184 valence electrons. The maximum absolute atomic E-state index is 13.3. The molecule has 1 fully saturated rings. The van der Waals surface area contributed by atoms with Gasteiger partial charge in [0.15, 0.2) is 11.5 Å². The summed E-state index contributed by atoms with van der Waals surface area (Å²) in [6.07, 6.45) is 1.51. The van der Waals surface area contributed by atoms with E-state index in [9.17, 15) is 13.2 Å². The molecule has 3 aromatic rings. The van der Waals surface area contributed by atoms with E-state index in [1.807, 2.05) is 24.3 Å². The lowest BCUT2D eigenvalue weighted by Gasteiger charge is -2.18. The van der Waals surface area contributed by atoms with Gasteiger partial charge in [-0.3, -0.25) is 4.79 Å². The number of hydrogen-bond donors (Lipinski definition) is 1. The van der Waals surface area contributed by atoms with Crippen molar-refractivity contribution < 1.29 is 28.8 Å². The summed E-state index contributed by atoms with van der Waals surface area (Å²) < 4.78 is 42.4. The maximum Gasteiger partial charge on any atom is 0.242 e. The molecule has 0 spiro atoms. The van der Waals surface area contributed by atoms with Crippen LogP contribution in [0.15, 0.2) is 65.6 Å². The third-order valence-corrected chi connectivity index (χ3v) is 8.34. The van der Waals surface area contributed by atoms with Crippen LogP contribution >= 0.6 is 0 Å². The smallest absolute Gasteiger partial charge is 0.242 e. The molecule has 0 unspecified atom stereocenters. The van der Waals surface area contributed by atoms with E-state index in [0.29, 0.717) is 22.9 Å². The third kappa shape index (κ3) is 4.11. The van der Waals surface area contributed by atoms with Crippen LogP contribution < -0.4 is 19.5 Å². The van der Waals surface area contributed by atoms with Gasteiger partial charge in [-0.1, -0.05) is 18.2 Å². The number of anilines is 1. The highest BCUT2D eigenvalue weighted by Crippen LogP contribution is 2.51. The van der Waals surface area contributed by atoms with Crippen molar-refractivity contribution >= 4 is 21.6 Å². The van der Waals surface area contributed by atoms with Crippen LogP contribution in [0.2, 0.25) is 0 Å². The molecular formula is C26H28N2O6S. The number of fused-ring (bicyclic) bond motifs is 1. The summed E-state index contributed by atoms with van der Waals surface area (Å²) in [6.45, 7) is 0.189. The van der Waals surface area contributed by atoms with Crippen molar-refractivity contribution in [1.29, 1.82) is 0 Å². The van der Waals surface area contributed by atoms with E-state index in [0.717, 1.165) is 29.5 Å². The van der Waals surface area contributed by atoms with E-state index in [2.05, 4.69) is 5.32 Å². The number of benzene rings is 3. The van der Waals surface area contributed by atoms with Crippen molar-refractivity contribution in [2.75, 3.05) is 33.3 Å². The number of sulfonamides is 1. The summed E-state index contributed by atoms with van der Waals surface area (Å²) in [6, 6.07) is 17.7. The van der Waals surface area contributed by atoms with E-state index in [1.54, 1.807) is 43.5 Å². The van der Waals surface area contributed by atoms with Crippen LogP contribution in [-0.4, -0.2) is 46.6 Å². The average Bonchev–Trinajstić information content (AvgIpc) is 3.54. The number of amides is 1. The van der Waals surface area contributed by atoms with E-state index in [1.165, 1.54) is 18.4 Å². The number of rotatable bonds is 7. The lowest BCUT2D eigenvalue weighted by molar-refractivity contribution is -0.118. The Labute approximate surface area is 206 Å². The summed E-state index contributed by atoms with van der Waals surface area (Å²) in [4.78, 5) is 13.5. The van der Waals surface area contributed by atoms with Gasteiger partial charge < -0.3 is 19.5 Å². The predicted molar refractivity (Wildman–Crippen MR) is 134 cm³/mol. The van der Waals surface area contributed by atoms with Gasteiger partial charge in [-0.15, -0.1) is 0 Å². The van der Waals surface area contributed by atoms with Crippen LogP contribution in [0.3, 0.4) is 0 Å². The summed E-state index contributed by atoms with van der Waals surface area (Å²) >= 11 is 0. The van der Waals surface area contributed by atoms with Gasteiger partial charge >= 0.3 is 0 Å². The van der Waals surface area contributed by atoms with E-state index < -0.39 is 15.4 Å². The van der Waals surface area contributed by atoms with Crippen LogP contribution in [0.25, 0.3) is 11.1 Å². The quantitative estimate of drug-likeness (QED) is 0.525. The molecule has 0 bridgehead atoms. The molecule has 1 N–H and O–H groups in total. The van der Waals surface area contributed by atoms with Crippen LogP contribution in [-0.2, 0) is 20.2 Å². The standard InChI is InChI=1S/C26H26N2O6S.H2/c1-28(2)35(30,31)20-8-4-17(5-9-20)21-15-19(7-11-22(21)32-3)27-25(29)26(12-13-26)18-6-10-23-24(14-18)34-16-33-23;/h4-11,14-15H,12-13,16H2,1-3H3,(H,27,29);1H. The number of nitrogens with one attached hydrogen (secondary N) is 1. The van der Waals surface area contributed by atoms with Crippen LogP contribution in [0.4, 0.5) is 5.69 Å². The highest BCUT2D eigenvalue weighted by molar-refractivity contribution is 7.89. The first kappa shape index (κ1) is 23.2. The minimum atomic E-state index is -3.53. The minimum absolute atomic E-state index is 0.